The number of ketones is 1. The number of benzene rings is 2. The first kappa shape index (κ1) is 16.3. The molecule has 0 aliphatic carbocycles. The smallest absolute Gasteiger partial charge is 0.244 e. The number of aromatic hydroxyl groups is 1. The Balaban J connectivity index is 2.05. The summed E-state index contributed by atoms with van der Waals surface area (Å²) < 4.78 is 5.41. The van der Waals surface area contributed by atoms with Gasteiger partial charge in [-0.15, -0.1) is 0 Å². The van der Waals surface area contributed by atoms with Crippen LogP contribution in [0.4, 0.5) is 0 Å². The highest BCUT2D eigenvalue weighted by atomic mass is 16.5. The second-order valence-electron chi connectivity index (χ2n) is 4.94. The van der Waals surface area contributed by atoms with Crippen LogP contribution in [0.25, 0.3) is 0 Å². The lowest BCUT2D eigenvalue weighted by Gasteiger charge is -2.09. The molecule has 1 amide bonds. The average molecular weight is 311 g/mol. The zero-order valence-electron chi connectivity index (χ0n) is 12.5. The van der Waals surface area contributed by atoms with Gasteiger partial charge >= 0.3 is 0 Å². The number of nitrogens with two attached hydrogens (primary N) is 1. The highest BCUT2D eigenvalue weighted by Crippen LogP contribution is 2.26. The third-order valence-electron chi connectivity index (χ3n) is 3.27. The van der Waals surface area contributed by atoms with Gasteiger partial charge in [0.25, 0.3) is 0 Å². The molecule has 0 atom stereocenters. The quantitative estimate of drug-likeness (QED) is 0.607. The molecule has 0 fully saturated rings. The number of hydrogen-bond acceptors (Lipinski definition) is 4. The third kappa shape index (κ3) is 4.20. The second kappa shape index (κ2) is 7.26. The molecule has 5 heteroatoms. The van der Waals surface area contributed by atoms with Gasteiger partial charge in [-0.25, -0.2) is 0 Å². The maximum atomic E-state index is 12.3. The van der Waals surface area contributed by atoms with Gasteiger partial charge in [-0.3, -0.25) is 9.59 Å². The predicted octanol–water partition coefficient (Wildman–Crippen LogP) is 2.43. The van der Waals surface area contributed by atoms with E-state index in [1.54, 1.807) is 30.3 Å². The lowest BCUT2D eigenvalue weighted by Crippen LogP contribution is -2.15. The summed E-state index contributed by atoms with van der Waals surface area (Å²) in [6, 6.07) is 13.1. The molecule has 118 valence electrons. The van der Waals surface area contributed by atoms with Crippen molar-refractivity contribution >= 4 is 11.7 Å². The number of carbonyl (C=O) groups excluding carboxylic acids is 2. The van der Waals surface area contributed by atoms with Crippen molar-refractivity contribution in [3.63, 3.8) is 0 Å². The first-order valence-electron chi connectivity index (χ1n) is 7.02. The van der Waals surface area contributed by atoms with Crippen LogP contribution in [-0.2, 0) is 4.79 Å². The van der Waals surface area contributed by atoms with Gasteiger partial charge in [-0.2, -0.15) is 0 Å². The first-order valence-corrected chi connectivity index (χ1v) is 7.02. The molecular weight excluding hydrogens is 294 g/mol. The predicted molar refractivity (Wildman–Crippen MR) is 86.4 cm³/mol. The molecule has 0 heterocycles. The minimum Gasteiger partial charge on any atom is -0.507 e. The highest BCUT2D eigenvalue weighted by Gasteiger charge is 2.14. The third-order valence-corrected chi connectivity index (χ3v) is 3.27. The van der Waals surface area contributed by atoms with Gasteiger partial charge in [0.05, 0.1) is 12.2 Å². The van der Waals surface area contributed by atoms with Gasteiger partial charge in [-0.05, 0) is 12.1 Å². The molecule has 2 rings (SSSR count). The molecule has 0 saturated heterocycles. The van der Waals surface area contributed by atoms with Gasteiger partial charge in [0.2, 0.25) is 5.91 Å². The minimum absolute atomic E-state index is 0.162. The van der Waals surface area contributed by atoms with E-state index in [0.29, 0.717) is 17.7 Å². The average Bonchev–Trinajstić information content (AvgIpc) is 2.55. The van der Waals surface area contributed by atoms with Crippen LogP contribution >= 0.6 is 0 Å². The van der Waals surface area contributed by atoms with Gasteiger partial charge in [0.15, 0.2) is 5.78 Å². The van der Waals surface area contributed by atoms with E-state index in [2.05, 4.69) is 6.58 Å². The molecule has 3 N–H and O–H groups in total. The van der Waals surface area contributed by atoms with Crippen molar-refractivity contribution in [2.45, 2.75) is 6.42 Å². The fraction of sp³-hybridized carbons (Fsp3) is 0.111. The summed E-state index contributed by atoms with van der Waals surface area (Å²) in [5, 5.41) is 10.0. The molecule has 0 radical (unpaired) electrons. The minimum atomic E-state index is -0.569. The Morgan fingerprint density at radius 3 is 2.43 bits per heavy atom. The van der Waals surface area contributed by atoms with Crippen molar-refractivity contribution in [3.8, 4) is 11.5 Å². The molecule has 5 nitrogen and oxygen atoms in total. The van der Waals surface area contributed by atoms with E-state index < -0.39 is 5.91 Å². The zero-order chi connectivity index (χ0) is 16.8. The van der Waals surface area contributed by atoms with E-state index >= 15 is 0 Å². The number of amides is 1. The molecule has 0 unspecified atom stereocenters. The lowest BCUT2D eigenvalue weighted by atomic mass is 10.0. The molecule has 0 spiro atoms. The Morgan fingerprint density at radius 1 is 1.13 bits per heavy atom. The zero-order valence-corrected chi connectivity index (χ0v) is 12.5. The van der Waals surface area contributed by atoms with Crippen LogP contribution in [-0.4, -0.2) is 23.4 Å². The fourth-order valence-corrected chi connectivity index (χ4v) is 1.95. The topological polar surface area (TPSA) is 89.6 Å². The summed E-state index contributed by atoms with van der Waals surface area (Å²) in [4.78, 5) is 23.1. The van der Waals surface area contributed by atoms with Crippen molar-refractivity contribution in [2.75, 3.05) is 6.61 Å². The van der Waals surface area contributed by atoms with Crippen LogP contribution in [0.1, 0.15) is 22.3 Å². The molecule has 0 aromatic heterocycles. The monoisotopic (exact) mass is 311 g/mol. The summed E-state index contributed by atoms with van der Waals surface area (Å²) in [5.74, 6) is -0.605. The van der Waals surface area contributed by atoms with Gasteiger partial charge in [0, 0.05) is 23.6 Å². The molecule has 0 saturated carbocycles. The maximum Gasteiger partial charge on any atom is 0.244 e. The Bertz CT molecular complexity index is 738. The molecule has 0 aliphatic rings. The van der Waals surface area contributed by atoms with Crippen LogP contribution < -0.4 is 10.5 Å². The van der Waals surface area contributed by atoms with Crippen LogP contribution in [0.3, 0.4) is 0 Å². The van der Waals surface area contributed by atoms with Crippen molar-refractivity contribution in [2.24, 2.45) is 5.73 Å². The van der Waals surface area contributed by atoms with Crippen LogP contribution in [0.2, 0.25) is 0 Å². The maximum absolute atomic E-state index is 12.3. The van der Waals surface area contributed by atoms with Crippen molar-refractivity contribution in [1.82, 2.24) is 0 Å². The summed E-state index contributed by atoms with van der Waals surface area (Å²) in [7, 11) is 0. The lowest BCUT2D eigenvalue weighted by molar-refractivity contribution is -0.114. The Morgan fingerprint density at radius 2 is 1.83 bits per heavy atom. The van der Waals surface area contributed by atoms with E-state index in [9.17, 15) is 14.7 Å². The van der Waals surface area contributed by atoms with E-state index in [0.717, 1.165) is 0 Å². The largest absolute Gasteiger partial charge is 0.507 e. The number of phenolic OH excluding ortho intramolecular Hbond substituents is 1. The number of primary amides is 1. The molecule has 0 aliphatic heterocycles. The number of ether oxygens (including phenoxy) is 1. The SMILES string of the molecule is C=C(CCOc1ccc(C(=O)c2ccccc2)c(O)c1)C(N)=O. The van der Waals surface area contributed by atoms with Gasteiger partial charge in [-0.1, -0.05) is 36.9 Å². The second-order valence-corrected chi connectivity index (χ2v) is 4.94. The Kier molecular flexibility index (Phi) is 5.15. The molecule has 0 bridgehead atoms. The Labute approximate surface area is 134 Å². The summed E-state index contributed by atoms with van der Waals surface area (Å²) in [6.07, 6.45) is 0.292. The van der Waals surface area contributed by atoms with Crippen LogP contribution in [0.15, 0.2) is 60.7 Å². The standard InChI is InChI=1S/C18H17NO4/c1-12(18(19)22)9-10-23-14-7-8-15(16(20)11-14)17(21)13-5-3-2-4-6-13/h2-8,11,20H,1,9-10H2,(H2,19,22). The van der Waals surface area contributed by atoms with Gasteiger partial charge < -0.3 is 15.6 Å². The van der Waals surface area contributed by atoms with Gasteiger partial charge in [0.1, 0.15) is 11.5 Å². The van der Waals surface area contributed by atoms with E-state index in [1.165, 1.54) is 12.1 Å². The van der Waals surface area contributed by atoms with E-state index in [-0.39, 0.29) is 29.3 Å². The van der Waals surface area contributed by atoms with Crippen molar-refractivity contribution in [1.29, 1.82) is 0 Å². The van der Waals surface area contributed by atoms with Crippen LogP contribution in [0.5, 0.6) is 11.5 Å². The van der Waals surface area contributed by atoms with E-state index in [1.807, 2.05) is 6.07 Å². The summed E-state index contributed by atoms with van der Waals surface area (Å²) in [6.45, 7) is 3.73. The molecule has 23 heavy (non-hydrogen) atoms. The van der Waals surface area contributed by atoms with Crippen molar-refractivity contribution in [3.05, 3.63) is 71.8 Å². The summed E-state index contributed by atoms with van der Waals surface area (Å²) >= 11 is 0. The van der Waals surface area contributed by atoms with Crippen molar-refractivity contribution < 1.29 is 19.4 Å². The Hall–Kier alpha value is -3.08. The summed E-state index contributed by atoms with van der Waals surface area (Å²) in [5.41, 5.74) is 6.04. The first-order chi connectivity index (χ1) is 11.0. The number of carbonyl (C=O) groups is 2. The highest BCUT2D eigenvalue weighted by molar-refractivity contribution is 6.10. The fourth-order valence-electron chi connectivity index (χ4n) is 1.95. The van der Waals surface area contributed by atoms with E-state index in [4.69, 9.17) is 10.5 Å². The number of rotatable bonds is 7. The number of hydrogen-bond donors (Lipinski definition) is 2. The molecular formula is C18H17NO4. The number of phenols is 1. The molecule has 2 aromatic rings. The van der Waals surface area contributed by atoms with Crippen LogP contribution in [0, 0.1) is 0 Å². The molecule has 2 aromatic carbocycles. The normalized spacial score (nSPS) is 10.1.